The van der Waals surface area contributed by atoms with Crippen molar-refractivity contribution >= 4 is 45.0 Å². The van der Waals surface area contributed by atoms with E-state index in [2.05, 4.69) is 28.2 Å². The minimum atomic E-state index is -0.141. The van der Waals surface area contributed by atoms with Crippen LogP contribution in [0.2, 0.25) is 10.0 Å². The molecule has 0 saturated heterocycles. The first-order chi connectivity index (χ1) is 9.08. The van der Waals surface area contributed by atoms with Crippen LogP contribution in [0.1, 0.15) is 36.5 Å². The Kier molecular flexibility index (Phi) is 7.81. The number of hydrogen-bond acceptors (Lipinski definition) is 1. The molecule has 0 aliphatic heterocycles. The molecule has 1 N–H and O–H groups in total. The highest BCUT2D eigenvalue weighted by atomic mass is 79.9. The highest BCUT2D eigenvalue weighted by Crippen LogP contribution is 2.21. The highest BCUT2D eigenvalue weighted by molar-refractivity contribution is 9.09. The number of amides is 1. The van der Waals surface area contributed by atoms with Crippen molar-refractivity contribution in [2.45, 2.75) is 26.2 Å². The highest BCUT2D eigenvalue weighted by Gasteiger charge is 2.13. The standard InChI is InChI=1S/C14H18BrCl2NO/c1-2-3-10(6-7-15)9-18-14(19)12-5-4-11(16)8-13(12)17/h4-5,8,10H,2-3,6-7,9H2,1H3,(H,18,19). The average molecular weight is 367 g/mol. The predicted molar refractivity (Wildman–Crippen MR) is 85.6 cm³/mol. The number of halogens is 3. The van der Waals surface area contributed by atoms with Crippen molar-refractivity contribution in [3.8, 4) is 0 Å². The van der Waals surface area contributed by atoms with Gasteiger partial charge in [0.05, 0.1) is 10.6 Å². The molecule has 0 bridgehead atoms. The molecular weight excluding hydrogens is 349 g/mol. The van der Waals surface area contributed by atoms with Crippen LogP contribution in [0, 0.1) is 5.92 Å². The van der Waals surface area contributed by atoms with Gasteiger partial charge in [-0.25, -0.2) is 0 Å². The quantitative estimate of drug-likeness (QED) is 0.681. The first-order valence-electron chi connectivity index (χ1n) is 6.37. The van der Waals surface area contributed by atoms with Crippen LogP contribution >= 0.6 is 39.1 Å². The largest absolute Gasteiger partial charge is 0.352 e. The number of rotatable bonds is 7. The van der Waals surface area contributed by atoms with Crippen LogP contribution in [-0.2, 0) is 0 Å². The number of benzene rings is 1. The summed E-state index contributed by atoms with van der Waals surface area (Å²) in [7, 11) is 0. The Morgan fingerprint density at radius 1 is 1.37 bits per heavy atom. The summed E-state index contributed by atoms with van der Waals surface area (Å²) in [5.41, 5.74) is 0.472. The van der Waals surface area contributed by atoms with Crippen LogP contribution < -0.4 is 5.32 Å². The lowest BCUT2D eigenvalue weighted by Gasteiger charge is -2.16. The van der Waals surface area contributed by atoms with Gasteiger partial charge < -0.3 is 5.32 Å². The van der Waals surface area contributed by atoms with E-state index in [1.54, 1.807) is 18.2 Å². The summed E-state index contributed by atoms with van der Waals surface area (Å²) >= 11 is 15.3. The third kappa shape index (κ3) is 5.72. The smallest absolute Gasteiger partial charge is 0.252 e. The number of alkyl halides is 1. The predicted octanol–water partition coefficient (Wildman–Crippen LogP) is 4.92. The summed E-state index contributed by atoms with van der Waals surface area (Å²) in [6.45, 7) is 2.83. The molecule has 0 aliphatic carbocycles. The Labute approximate surface area is 133 Å². The molecule has 1 rings (SSSR count). The van der Waals surface area contributed by atoms with E-state index in [1.165, 1.54) is 0 Å². The maximum absolute atomic E-state index is 12.0. The van der Waals surface area contributed by atoms with Gasteiger partial charge in [-0.2, -0.15) is 0 Å². The van der Waals surface area contributed by atoms with Crippen molar-refractivity contribution in [3.05, 3.63) is 33.8 Å². The number of nitrogens with one attached hydrogen (secondary N) is 1. The molecule has 0 aromatic heterocycles. The van der Waals surface area contributed by atoms with Crippen molar-refractivity contribution in [1.82, 2.24) is 5.32 Å². The van der Waals surface area contributed by atoms with Crippen LogP contribution in [-0.4, -0.2) is 17.8 Å². The van der Waals surface area contributed by atoms with E-state index in [0.29, 0.717) is 28.1 Å². The van der Waals surface area contributed by atoms with Crippen molar-refractivity contribution in [1.29, 1.82) is 0 Å². The summed E-state index contributed by atoms with van der Waals surface area (Å²) in [5, 5.41) is 4.81. The molecule has 0 radical (unpaired) electrons. The van der Waals surface area contributed by atoms with Gasteiger partial charge in [-0.3, -0.25) is 4.79 Å². The van der Waals surface area contributed by atoms with Crippen LogP contribution in [0.4, 0.5) is 0 Å². The summed E-state index contributed by atoms with van der Waals surface area (Å²) in [6.07, 6.45) is 3.29. The lowest BCUT2D eigenvalue weighted by molar-refractivity contribution is 0.0946. The first kappa shape index (κ1) is 16.8. The Morgan fingerprint density at radius 3 is 2.68 bits per heavy atom. The van der Waals surface area contributed by atoms with E-state index >= 15 is 0 Å². The van der Waals surface area contributed by atoms with Gasteiger partial charge in [-0.05, 0) is 37.0 Å². The summed E-state index contributed by atoms with van der Waals surface area (Å²) in [6, 6.07) is 4.91. The van der Waals surface area contributed by atoms with Gasteiger partial charge in [-0.15, -0.1) is 0 Å². The zero-order chi connectivity index (χ0) is 14.3. The van der Waals surface area contributed by atoms with Crippen molar-refractivity contribution < 1.29 is 4.79 Å². The van der Waals surface area contributed by atoms with Gasteiger partial charge in [0.15, 0.2) is 0 Å². The number of carbonyl (C=O) groups excluding carboxylic acids is 1. The third-order valence-corrected chi connectivity index (χ3v) is 3.95. The fraction of sp³-hybridized carbons (Fsp3) is 0.500. The average Bonchev–Trinajstić information content (AvgIpc) is 2.36. The zero-order valence-corrected chi connectivity index (χ0v) is 14.0. The molecule has 0 fully saturated rings. The maximum Gasteiger partial charge on any atom is 0.252 e. The second-order valence-electron chi connectivity index (χ2n) is 4.47. The summed E-state index contributed by atoms with van der Waals surface area (Å²) < 4.78 is 0. The van der Waals surface area contributed by atoms with Crippen LogP contribution in [0.25, 0.3) is 0 Å². The molecule has 1 aromatic carbocycles. The van der Waals surface area contributed by atoms with E-state index < -0.39 is 0 Å². The Balaban J connectivity index is 2.58. The van der Waals surface area contributed by atoms with Gasteiger partial charge in [0.1, 0.15) is 0 Å². The maximum atomic E-state index is 12.0. The molecule has 0 heterocycles. The van der Waals surface area contributed by atoms with Gasteiger partial charge in [0.25, 0.3) is 5.91 Å². The molecule has 1 aromatic rings. The molecular formula is C14H18BrCl2NO. The Hall–Kier alpha value is -0.250. The molecule has 0 spiro atoms. The molecule has 5 heteroatoms. The molecule has 19 heavy (non-hydrogen) atoms. The van der Waals surface area contributed by atoms with E-state index in [-0.39, 0.29) is 5.91 Å². The molecule has 1 amide bonds. The van der Waals surface area contributed by atoms with Crippen molar-refractivity contribution in [2.24, 2.45) is 5.92 Å². The lowest BCUT2D eigenvalue weighted by Crippen LogP contribution is -2.29. The van der Waals surface area contributed by atoms with E-state index in [4.69, 9.17) is 23.2 Å². The lowest BCUT2D eigenvalue weighted by atomic mass is 10.0. The van der Waals surface area contributed by atoms with Crippen molar-refractivity contribution in [3.63, 3.8) is 0 Å². The Bertz CT molecular complexity index is 420. The molecule has 106 valence electrons. The summed E-state index contributed by atoms with van der Waals surface area (Å²) in [5.74, 6) is 0.358. The van der Waals surface area contributed by atoms with Crippen molar-refractivity contribution in [2.75, 3.05) is 11.9 Å². The Morgan fingerprint density at radius 2 is 2.11 bits per heavy atom. The van der Waals surface area contributed by atoms with E-state index in [1.807, 2.05) is 0 Å². The van der Waals surface area contributed by atoms with E-state index in [0.717, 1.165) is 24.6 Å². The van der Waals surface area contributed by atoms with Gasteiger partial charge in [-0.1, -0.05) is 52.5 Å². The van der Waals surface area contributed by atoms with E-state index in [9.17, 15) is 4.79 Å². The number of carbonyl (C=O) groups is 1. The third-order valence-electron chi connectivity index (χ3n) is 2.94. The second kappa shape index (κ2) is 8.83. The molecule has 0 saturated carbocycles. The topological polar surface area (TPSA) is 29.1 Å². The fourth-order valence-electron chi connectivity index (χ4n) is 1.92. The monoisotopic (exact) mass is 365 g/mol. The summed E-state index contributed by atoms with van der Waals surface area (Å²) in [4.78, 5) is 12.0. The minimum Gasteiger partial charge on any atom is -0.352 e. The normalized spacial score (nSPS) is 12.2. The molecule has 1 unspecified atom stereocenters. The number of hydrogen-bond donors (Lipinski definition) is 1. The van der Waals surface area contributed by atoms with Gasteiger partial charge in [0.2, 0.25) is 0 Å². The molecule has 1 atom stereocenters. The molecule has 0 aliphatic rings. The minimum absolute atomic E-state index is 0.141. The van der Waals surface area contributed by atoms with Crippen LogP contribution in [0.5, 0.6) is 0 Å². The SMILES string of the molecule is CCCC(CCBr)CNC(=O)c1ccc(Cl)cc1Cl. The van der Waals surface area contributed by atoms with Gasteiger partial charge in [0, 0.05) is 16.9 Å². The van der Waals surface area contributed by atoms with Crippen LogP contribution in [0.15, 0.2) is 18.2 Å². The molecule has 2 nitrogen and oxygen atoms in total. The fourth-order valence-corrected chi connectivity index (χ4v) is 3.06. The van der Waals surface area contributed by atoms with Gasteiger partial charge >= 0.3 is 0 Å². The first-order valence-corrected chi connectivity index (χ1v) is 8.25. The zero-order valence-electron chi connectivity index (χ0n) is 10.9. The van der Waals surface area contributed by atoms with Crippen LogP contribution in [0.3, 0.4) is 0 Å². The second-order valence-corrected chi connectivity index (χ2v) is 6.10.